The molecule has 0 amide bonds. The molecule has 0 aromatic heterocycles. The summed E-state index contributed by atoms with van der Waals surface area (Å²) >= 11 is 0. The Morgan fingerprint density at radius 1 is 1.25 bits per heavy atom. The van der Waals surface area contributed by atoms with Crippen LogP contribution in [0.2, 0.25) is 0 Å². The summed E-state index contributed by atoms with van der Waals surface area (Å²) in [6, 6.07) is 0. The fourth-order valence-corrected chi connectivity index (χ4v) is 0. The topological polar surface area (TPSA) is 35.0 Å². The van der Waals surface area contributed by atoms with E-state index in [0.717, 1.165) is 0 Å². The van der Waals surface area contributed by atoms with Gasteiger partial charge < -0.3 is 13.3 Å². The van der Waals surface area contributed by atoms with E-state index in [1.165, 1.54) is 0 Å². The average molecular weight is 126 g/mol. The molecule has 0 spiro atoms. The van der Waals surface area contributed by atoms with E-state index in [9.17, 15) is 0 Å². The van der Waals surface area contributed by atoms with E-state index in [-0.39, 0.29) is 125 Å². The van der Waals surface area contributed by atoms with Gasteiger partial charge in [-0.2, -0.15) is 0 Å². The van der Waals surface area contributed by atoms with Gasteiger partial charge in [-0.3, -0.25) is 0 Å². The largest absolute Gasteiger partial charge is 2.00 e. The molecule has 0 saturated carbocycles. The zero-order valence-electron chi connectivity index (χ0n) is 8.12. The third kappa shape index (κ3) is 9.16. The van der Waals surface area contributed by atoms with Crippen LogP contribution in [-0.4, -0.2) is 60.8 Å². The maximum Gasteiger partial charge on any atom is 2.00 e. The molecule has 0 bridgehead atoms. The molecular formula is H8CaKMgN. The molecule has 3 N–H and O–H groups in total. The second kappa shape index (κ2) is 16.0. The summed E-state index contributed by atoms with van der Waals surface area (Å²) in [6.45, 7) is 0. The van der Waals surface area contributed by atoms with Gasteiger partial charge in [-0.15, -0.1) is 0 Å². The van der Waals surface area contributed by atoms with E-state index >= 15 is 0 Å². The fourth-order valence-electron chi connectivity index (χ4n) is 0. The minimum Gasteiger partial charge on any atom is -1.00 e. The zero-order valence-corrected chi connectivity index (χ0v) is 9.87. The maximum atomic E-state index is 0. The third-order valence-electron chi connectivity index (χ3n) is 0. The molecule has 0 aliphatic rings. The van der Waals surface area contributed by atoms with Crippen molar-refractivity contribution in [2.24, 2.45) is 0 Å². The Balaban J connectivity index is 0. The first-order valence-corrected chi connectivity index (χ1v) is 0. The standard InChI is InChI=1S/Ca.K.Mg.H3N.5H/h;;;1H3;;;;;/q+2;+1;+2;;5*-1. The van der Waals surface area contributed by atoms with Gasteiger partial charge in [-0.25, -0.2) is 0 Å². The smallest absolute Gasteiger partial charge is 1.00 e. The molecule has 0 saturated heterocycles. The predicted octanol–water partition coefficient (Wildman–Crippen LogP) is -3.03. The first-order valence-electron chi connectivity index (χ1n) is 0. The van der Waals surface area contributed by atoms with Crippen molar-refractivity contribution in [2.45, 2.75) is 0 Å². The molecule has 4 heteroatoms. The van der Waals surface area contributed by atoms with Crippen molar-refractivity contribution in [3.05, 3.63) is 0 Å². The van der Waals surface area contributed by atoms with E-state index in [4.69, 9.17) is 0 Å². The van der Waals surface area contributed by atoms with Crippen LogP contribution in [0.15, 0.2) is 0 Å². The van der Waals surface area contributed by atoms with Gasteiger partial charge >= 0.3 is 112 Å². The molecular weight excluding hydrogens is 117 g/mol. The van der Waals surface area contributed by atoms with Crippen LogP contribution in [0, 0.1) is 0 Å². The molecule has 0 aliphatic carbocycles. The average Bonchev–Trinajstić information content (AvgIpc) is 0. The molecule has 0 aromatic rings. The van der Waals surface area contributed by atoms with Gasteiger partial charge in [0.2, 0.25) is 0 Å². The van der Waals surface area contributed by atoms with Crippen LogP contribution in [0.5, 0.6) is 0 Å². The van der Waals surface area contributed by atoms with E-state index in [1.807, 2.05) is 0 Å². The third-order valence-corrected chi connectivity index (χ3v) is 0. The van der Waals surface area contributed by atoms with Crippen LogP contribution < -0.4 is 57.5 Å². The van der Waals surface area contributed by atoms with Gasteiger partial charge in [0.15, 0.2) is 0 Å². The summed E-state index contributed by atoms with van der Waals surface area (Å²) in [5, 5.41) is 0. The molecule has 0 aliphatic heterocycles. The Morgan fingerprint density at radius 2 is 1.25 bits per heavy atom. The summed E-state index contributed by atoms with van der Waals surface area (Å²) in [7, 11) is 0. The van der Waals surface area contributed by atoms with Gasteiger partial charge in [-0.05, 0) is 0 Å². The number of rotatable bonds is 0. The van der Waals surface area contributed by atoms with Crippen molar-refractivity contribution < 1.29 is 58.5 Å². The number of hydrogen-bond donors (Lipinski definition) is 1. The molecule has 18 valence electrons. The maximum absolute atomic E-state index is 0. The first kappa shape index (κ1) is 25.5. The first-order chi connectivity index (χ1) is 0. The molecule has 0 radical (unpaired) electrons. The van der Waals surface area contributed by atoms with Gasteiger partial charge in [-0.1, -0.05) is 0 Å². The van der Waals surface area contributed by atoms with Crippen LogP contribution >= 0.6 is 0 Å². The molecule has 0 atom stereocenters. The summed E-state index contributed by atoms with van der Waals surface area (Å²) in [4.78, 5) is 0. The quantitative estimate of drug-likeness (QED) is 0.344. The second-order valence-corrected chi connectivity index (χ2v) is 0. The van der Waals surface area contributed by atoms with Crippen LogP contribution in [0.25, 0.3) is 0 Å². The van der Waals surface area contributed by atoms with Crippen LogP contribution in [0.4, 0.5) is 0 Å². The predicted molar refractivity (Wildman–Crippen MR) is 22.1 cm³/mol. The minimum absolute atomic E-state index is 0. The Kier molecular flexibility index (Phi) is 102. The molecule has 0 unspecified atom stereocenters. The second-order valence-electron chi connectivity index (χ2n) is 0. The Bertz CT molecular complexity index is 16.9. The fraction of sp³-hybridized carbons (Fsp3) is 0. The van der Waals surface area contributed by atoms with Crippen molar-refractivity contribution in [1.29, 1.82) is 0 Å². The number of hydrogen-bond acceptors (Lipinski definition) is 1. The van der Waals surface area contributed by atoms with Crippen LogP contribution in [-0.2, 0) is 0 Å². The molecule has 0 rings (SSSR count). The van der Waals surface area contributed by atoms with Gasteiger partial charge in [0.05, 0.1) is 0 Å². The van der Waals surface area contributed by atoms with E-state index in [2.05, 4.69) is 0 Å². The van der Waals surface area contributed by atoms with Crippen molar-refractivity contribution in [3.8, 4) is 0 Å². The Labute approximate surface area is 122 Å². The van der Waals surface area contributed by atoms with Gasteiger partial charge in [0.25, 0.3) is 0 Å². The van der Waals surface area contributed by atoms with E-state index in [0.29, 0.717) is 0 Å². The SMILES string of the molecule is N.[Ca+2].[H-].[H-].[H-].[H-].[H-].[K+].[Mg+2]. The van der Waals surface area contributed by atoms with Crippen molar-refractivity contribution in [3.63, 3.8) is 0 Å². The van der Waals surface area contributed by atoms with Crippen molar-refractivity contribution in [1.82, 2.24) is 6.15 Å². The van der Waals surface area contributed by atoms with Crippen LogP contribution in [0.3, 0.4) is 0 Å². The zero-order chi connectivity index (χ0) is 0. The monoisotopic (exact) mass is 125 g/mol. The molecule has 0 fully saturated rings. The summed E-state index contributed by atoms with van der Waals surface area (Å²) < 4.78 is 0. The van der Waals surface area contributed by atoms with Gasteiger partial charge in [0.1, 0.15) is 0 Å². The molecule has 1 nitrogen and oxygen atoms in total. The van der Waals surface area contributed by atoms with Crippen molar-refractivity contribution >= 4 is 60.8 Å². The van der Waals surface area contributed by atoms with Crippen LogP contribution in [0.1, 0.15) is 7.13 Å². The van der Waals surface area contributed by atoms with E-state index < -0.39 is 0 Å². The minimum atomic E-state index is 0. The molecule has 0 heterocycles. The molecule has 4 heavy (non-hydrogen) atoms. The normalized spacial score (nSPS) is 0. The summed E-state index contributed by atoms with van der Waals surface area (Å²) in [6.07, 6.45) is 0. The Morgan fingerprint density at radius 3 is 1.25 bits per heavy atom. The summed E-state index contributed by atoms with van der Waals surface area (Å²) in [5.41, 5.74) is 0. The summed E-state index contributed by atoms with van der Waals surface area (Å²) in [5.74, 6) is 0. The molecule has 0 aromatic carbocycles. The van der Waals surface area contributed by atoms with Gasteiger partial charge in [0, 0.05) is 0 Å². The Hall–Kier alpha value is 3.62. The van der Waals surface area contributed by atoms with Crippen molar-refractivity contribution in [2.75, 3.05) is 0 Å². The van der Waals surface area contributed by atoms with E-state index in [1.54, 1.807) is 0 Å².